The molecule has 2 N–H and O–H groups in total. The molecule has 0 amide bonds. The first kappa shape index (κ1) is 13.9. The van der Waals surface area contributed by atoms with Crippen molar-refractivity contribution in [1.29, 1.82) is 0 Å². The van der Waals surface area contributed by atoms with Crippen LogP contribution in [0.5, 0.6) is 0 Å². The lowest BCUT2D eigenvalue weighted by atomic mass is 9.58. The van der Waals surface area contributed by atoms with Gasteiger partial charge >= 0.3 is 0 Å². The number of nitrogens with zero attached hydrogens (tertiary/aromatic N) is 1. The van der Waals surface area contributed by atoms with Crippen LogP contribution < -0.4 is 0 Å². The summed E-state index contributed by atoms with van der Waals surface area (Å²) in [4.78, 5) is 9.88. The molecule has 1 rings (SSSR count). The Morgan fingerprint density at radius 3 is 1.59 bits per heavy atom. The van der Waals surface area contributed by atoms with Gasteiger partial charge in [-0.15, -0.1) is 0 Å². The number of hydrogen-bond donors (Lipinski definition) is 2. The number of nitro benzene ring substituents is 1. The highest BCUT2D eigenvalue weighted by Gasteiger charge is 2.24. The third-order valence-electron chi connectivity index (χ3n) is 2.05. The van der Waals surface area contributed by atoms with Crippen LogP contribution in [0.4, 0.5) is 5.69 Å². The van der Waals surface area contributed by atoms with Crippen molar-refractivity contribution in [1.82, 2.24) is 0 Å². The monoisotopic (exact) mass is 223 g/mol. The van der Waals surface area contributed by atoms with E-state index in [1.54, 1.807) is 0 Å². The van der Waals surface area contributed by atoms with E-state index in [0.717, 1.165) is 18.2 Å². The van der Waals surface area contributed by atoms with Gasteiger partial charge in [0.1, 0.15) is 31.4 Å². The second kappa shape index (κ2) is 4.23. The topological polar surface area (TPSA) is 83.6 Å². The van der Waals surface area contributed by atoms with Gasteiger partial charge in [0.05, 0.1) is 4.92 Å². The van der Waals surface area contributed by atoms with Crippen molar-refractivity contribution in [2.24, 2.45) is 0 Å². The summed E-state index contributed by atoms with van der Waals surface area (Å²) in [7, 11) is 20.7. The number of rotatable bonds is 3. The van der Waals surface area contributed by atoms with Crippen molar-refractivity contribution in [2.45, 2.75) is 10.8 Å². The molecule has 8 radical (unpaired) electrons. The molecule has 0 spiro atoms. The van der Waals surface area contributed by atoms with E-state index < -0.39 is 21.4 Å². The smallest absolute Gasteiger partial charge is 0.270 e. The Bertz CT molecular complexity index is 420. The van der Waals surface area contributed by atoms with Gasteiger partial charge < -0.3 is 10.2 Å². The fraction of sp³-hybridized carbons (Fsp3) is 0.250. The maximum absolute atomic E-state index is 10.6. The fourth-order valence-electron chi connectivity index (χ4n) is 1.18. The lowest BCUT2D eigenvalue weighted by Crippen LogP contribution is -2.30. The molecule has 0 aliphatic rings. The van der Waals surface area contributed by atoms with E-state index in [0.29, 0.717) is 0 Å². The van der Waals surface area contributed by atoms with Crippen LogP contribution in [0, 0.1) is 10.1 Å². The molecule has 9 heteroatoms. The molecule has 0 aliphatic heterocycles. The molecule has 0 saturated heterocycles. The van der Waals surface area contributed by atoms with Crippen LogP contribution in [-0.2, 0) is 10.8 Å². The van der Waals surface area contributed by atoms with Crippen molar-refractivity contribution < 1.29 is 15.1 Å². The standard InChI is InChI=1S/C8H5B4NO4/c9-7(10,14)4-1-5(8(11,12)15)3-6(2-4)13(16)17/h1-3,14-15H. The van der Waals surface area contributed by atoms with E-state index in [-0.39, 0.29) is 11.1 Å². The minimum absolute atomic E-state index is 0.198. The summed E-state index contributed by atoms with van der Waals surface area (Å²) in [6, 6.07) is 2.98. The van der Waals surface area contributed by atoms with Crippen LogP contribution >= 0.6 is 0 Å². The molecular formula is C8H5B4NO4. The summed E-state index contributed by atoms with van der Waals surface area (Å²) in [5, 5.41) is 24.7. The first-order valence-corrected chi connectivity index (χ1v) is 4.42. The summed E-state index contributed by atoms with van der Waals surface area (Å²) in [6.45, 7) is 0. The summed E-state index contributed by atoms with van der Waals surface area (Å²) < 4.78 is 0. The Morgan fingerprint density at radius 1 is 1.00 bits per heavy atom. The van der Waals surface area contributed by atoms with Gasteiger partial charge in [0, 0.05) is 22.9 Å². The molecule has 78 valence electrons. The highest BCUT2D eigenvalue weighted by molar-refractivity contribution is 6.39. The predicted molar refractivity (Wildman–Crippen MR) is 63.9 cm³/mol. The first-order valence-electron chi connectivity index (χ1n) is 4.42. The second-order valence-corrected chi connectivity index (χ2v) is 3.68. The van der Waals surface area contributed by atoms with Gasteiger partial charge in [-0.05, 0) is 11.1 Å². The Balaban J connectivity index is 3.45. The van der Waals surface area contributed by atoms with Crippen molar-refractivity contribution >= 4 is 37.1 Å². The maximum atomic E-state index is 10.6. The average molecular weight is 222 g/mol. The molecule has 0 saturated carbocycles. The van der Waals surface area contributed by atoms with Crippen molar-refractivity contribution in [3.05, 3.63) is 39.4 Å². The minimum Gasteiger partial charge on any atom is -0.405 e. The predicted octanol–water partition coefficient (Wildman–Crippen LogP) is -1.53. The molecule has 0 heterocycles. The van der Waals surface area contributed by atoms with Crippen molar-refractivity contribution in [3.8, 4) is 0 Å². The summed E-state index contributed by atoms with van der Waals surface area (Å²) in [6.07, 6.45) is 0. The quantitative estimate of drug-likeness (QED) is 0.369. The highest BCUT2D eigenvalue weighted by atomic mass is 16.6. The van der Waals surface area contributed by atoms with Crippen molar-refractivity contribution in [3.63, 3.8) is 0 Å². The Hall–Kier alpha value is -1.20. The number of aliphatic hydroxyl groups is 2. The SMILES string of the molecule is [B]C([B])(O)c1cc([N+](=O)[O-])cc(C([B])([B])O)c1. The molecule has 0 aliphatic carbocycles. The molecule has 0 atom stereocenters. The largest absolute Gasteiger partial charge is 0.405 e. The highest BCUT2D eigenvalue weighted by Crippen LogP contribution is 2.26. The number of non-ortho nitro benzene ring substituents is 1. The van der Waals surface area contributed by atoms with Gasteiger partial charge in [0.15, 0.2) is 0 Å². The van der Waals surface area contributed by atoms with Crippen molar-refractivity contribution in [2.75, 3.05) is 0 Å². The van der Waals surface area contributed by atoms with E-state index in [2.05, 4.69) is 0 Å². The van der Waals surface area contributed by atoms with Crippen LogP contribution in [-0.4, -0.2) is 46.5 Å². The summed E-state index contributed by atoms with van der Waals surface area (Å²) in [5.74, 6) is 0. The molecule has 0 aromatic heterocycles. The van der Waals surface area contributed by atoms with Gasteiger partial charge in [-0.1, -0.05) is 6.07 Å². The number of nitro groups is 1. The zero-order valence-electron chi connectivity index (χ0n) is 8.70. The maximum Gasteiger partial charge on any atom is 0.270 e. The number of benzene rings is 1. The summed E-state index contributed by atoms with van der Waals surface area (Å²) >= 11 is 0. The lowest BCUT2D eigenvalue weighted by molar-refractivity contribution is -0.385. The van der Waals surface area contributed by atoms with E-state index in [1.807, 2.05) is 0 Å². The van der Waals surface area contributed by atoms with Gasteiger partial charge in [0.25, 0.3) is 5.69 Å². The van der Waals surface area contributed by atoms with Crippen LogP contribution in [0.15, 0.2) is 18.2 Å². The van der Waals surface area contributed by atoms with Gasteiger partial charge in [0.2, 0.25) is 0 Å². The van der Waals surface area contributed by atoms with Gasteiger partial charge in [-0.2, -0.15) is 0 Å². The summed E-state index contributed by atoms with van der Waals surface area (Å²) in [5.41, 5.74) is -0.854. The minimum atomic E-state index is -2.30. The van der Waals surface area contributed by atoms with E-state index in [4.69, 9.17) is 31.4 Å². The third-order valence-corrected chi connectivity index (χ3v) is 2.05. The molecule has 0 bridgehead atoms. The Morgan fingerprint density at radius 2 is 1.35 bits per heavy atom. The molecule has 17 heavy (non-hydrogen) atoms. The zero-order chi connectivity index (χ0) is 13.4. The molecule has 1 aromatic carbocycles. The number of hydrogen-bond acceptors (Lipinski definition) is 4. The Labute approximate surface area is 103 Å². The second-order valence-electron chi connectivity index (χ2n) is 3.68. The van der Waals surface area contributed by atoms with Crippen LogP contribution in [0.1, 0.15) is 11.1 Å². The first-order chi connectivity index (χ1) is 7.51. The van der Waals surface area contributed by atoms with E-state index in [1.165, 1.54) is 0 Å². The zero-order valence-corrected chi connectivity index (χ0v) is 8.70. The Kier molecular flexibility index (Phi) is 3.45. The molecule has 5 nitrogen and oxygen atoms in total. The third kappa shape index (κ3) is 3.38. The molecule has 0 unspecified atom stereocenters. The van der Waals surface area contributed by atoms with Crippen LogP contribution in [0.3, 0.4) is 0 Å². The van der Waals surface area contributed by atoms with Crippen LogP contribution in [0.2, 0.25) is 0 Å². The van der Waals surface area contributed by atoms with E-state index >= 15 is 0 Å². The normalized spacial score (nSPS) is 12.4. The lowest BCUT2D eigenvalue weighted by Gasteiger charge is -2.24. The van der Waals surface area contributed by atoms with Gasteiger partial charge in [-0.3, -0.25) is 10.1 Å². The fourth-order valence-corrected chi connectivity index (χ4v) is 1.18. The van der Waals surface area contributed by atoms with E-state index in [9.17, 15) is 20.3 Å². The van der Waals surface area contributed by atoms with Crippen LogP contribution in [0.25, 0.3) is 0 Å². The molecule has 1 aromatic rings. The average Bonchev–Trinajstić information content (AvgIpc) is 2.14. The van der Waals surface area contributed by atoms with Gasteiger partial charge in [-0.25, -0.2) is 0 Å². The molecular weight excluding hydrogens is 217 g/mol. The molecule has 0 fully saturated rings.